The van der Waals surface area contributed by atoms with Crippen LogP contribution < -0.4 is 10.1 Å². The van der Waals surface area contributed by atoms with Crippen LogP contribution in [0.3, 0.4) is 0 Å². The van der Waals surface area contributed by atoms with Crippen LogP contribution in [0.25, 0.3) is 0 Å². The van der Waals surface area contributed by atoms with Gasteiger partial charge in [0, 0.05) is 6.04 Å². The van der Waals surface area contributed by atoms with Crippen LogP contribution in [0.2, 0.25) is 0 Å². The van der Waals surface area contributed by atoms with Crippen LogP contribution in [-0.2, 0) is 0 Å². The van der Waals surface area contributed by atoms with Crippen LogP contribution in [0.1, 0.15) is 38.3 Å². The van der Waals surface area contributed by atoms with Gasteiger partial charge in [-0.3, -0.25) is 0 Å². The van der Waals surface area contributed by atoms with E-state index in [9.17, 15) is 13.2 Å². The molecule has 0 aromatic heterocycles. The zero-order valence-corrected chi connectivity index (χ0v) is 11.8. The summed E-state index contributed by atoms with van der Waals surface area (Å²) in [4.78, 5) is 0. The van der Waals surface area contributed by atoms with E-state index in [2.05, 4.69) is 16.6 Å². The van der Waals surface area contributed by atoms with Crippen molar-refractivity contribution in [3.63, 3.8) is 0 Å². The van der Waals surface area contributed by atoms with Crippen LogP contribution in [0.15, 0.2) is 36.4 Å². The number of ether oxygens (including phenoxy) is 1. The SMILES string of the molecule is C=C(CC)CC(NCC)c1ccc(OC(F)(F)F)cc1. The van der Waals surface area contributed by atoms with E-state index in [1.807, 2.05) is 13.8 Å². The molecule has 0 aliphatic heterocycles. The van der Waals surface area contributed by atoms with E-state index in [-0.39, 0.29) is 11.8 Å². The van der Waals surface area contributed by atoms with E-state index in [1.165, 1.54) is 12.1 Å². The molecule has 0 radical (unpaired) electrons. The molecule has 0 aliphatic rings. The van der Waals surface area contributed by atoms with Crippen molar-refractivity contribution in [3.8, 4) is 5.75 Å². The smallest absolute Gasteiger partial charge is 0.406 e. The summed E-state index contributed by atoms with van der Waals surface area (Å²) >= 11 is 0. The first-order valence-electron chi connectivity index (χ1n) is 6.61. The van der Waals surface area contributed by atoms with Crippen LogP contribution in [0.5, 0.6) is 5.75 Å². The molecule has 112 valence electrons. The van der Waals surface area contributed by atoms with E-state index in [1.54, 1.807) is 12.1 Å². The zero-order chi connectivity index (χ0) is 15.2. The van der Waals surface area contributed by atoms with Gasteiger partial charge >= 0.3 is 6.36 Å². The van der Waals surface area contributed by atoms with Crippen molar-refractivity contribution in [2.45, 2.75) is 39.1 Å². The minimum Gasteiger partial charge on any atom is -0.406 e. The fourth-order valence-electron chi connectivity index (χ4n) is 1.89. The highest BCUT2D eigenvalue weighted by molar-refractivity contribution is 5.30. The van der Waals surface area contributed by atoms with Crippen molar-refractivity contribution in [1.29, 1.82) is 0 Å². The number of hydrogen-bond acceptors (Lipinski definition) is 2. The quantitative estimate of drug-likeness (QED) is 0.740. The highest BCUT2D eigenvalue weighted by atomic mass is 19.4. The molecule has 1 N–H and O–H groups in total. The lowest BCUT2D eigenvalue weighted by atomic mass is 9.98. The van der Waals surface area contributed by atoms with Crippen LogP contribution in [-0.4, -0.2) is 12.9 Å². The second kappa shape index (κ2) is 7.33. The predicted molar refractivity (Wildman–Crippen MR) is 73.6 cm³/mol. The number of benzene rings is 1. The van der Waals surface area contributed by atoms with Gasteiger partial charge in [-0.05, 0) is 37.1 Å². The maximum absolute atomic E-state index is 12.1. The number of hydrogen-bond donors (Lipinski definition) is 1. The van der Waals surface area contributed by atoms with Gasteiger partial charge in [0.2, 0.25) is 0 Å². The summed E-state index contributed by atoms with van der Waals surface area (Å²) in [6.45, 7) is 8.78. The Kier molecular flexibility index (Phi) is 6.07. The second-order valence-corrected chi connectivity index (χ2v) is 4.53. The van der Waals surface area contributed by atoms with Gasteiger partial charge in [0.15, 0.2) is 0 Å². The summed E-state index contributed by atoms with van der Waals surface area (Å²) in [6.07, 6.45) is -3.00. The molecule has 1 rings (SSSR count). The van der Waals surface area contributed by atoms with Crippen molar-refractivity contribution in [1.82, 2.24) is 5.32 Å². The minimum atomic E-state index is -4.65. The minimum absolute atomic E-state index is 0.0624. The summed E-state index contributed by atoms with van der Waals surface area (Å²) in [6, 6.07) is 6.03. The summed E-state index contributed by atoms with van der Waals surface area (Å²) in [7, 11) is 0. The summed E-state index contributed by atoms with van der Waals surface area (Å²) in [5.41, 5.74) is 2.03. The van der Waals surface area contributed by atoms with Gasteiger partial charge in [-0.1, -0.05) is 38.1 Å². The zero-order valence-electron chi connectivity index (χ0n) is 11.8. The van der Waals surface area contributed by atoms with Crippen molar-refractivity contribution >= 4 is 0 Å². The first kappa shape index (κ1) is 16.6. The maximum atomic E-state index is 12.1. The van der Waals surface area contributed by atoms with E-state index in [0.717, 1.165) is 30.5 Å². The third-order valence-corrected chi connectivity index (χ3v) is 2.96. The molecule has 1 aromatic rings. The molecule has 1 aromatic carbocycles. The van der Waals surface area contributed by atoms with Gasteiger partial charge in [0.05, 0.1) is 0 Å². The number of rotatable bonds is 7. The molecule has 0 heterocycles. The lowest BCUT2D eigenvalue weighted by molar-refractivity contribution is -0.274. The van der Waals surface area contributed by atoms with Gasteiger partial charge in [0.25, 0.3) is 0 Å². The molecule has 1 unspecified atom stereocenters. The molecule has 0 fully saturated rings. The highest BCUT2D eigenvalue weighted by Gasteiger charge is 2.31. The fourth-order valence-corrected chi connectivity index (χ4v) is 1.89. The molecule has 20 heavy (non-hydrogen) atoms. The Morgan fingerprint density at radius 2 is 1.85 bits per heavy atom. The second-order valence-electron chi connectivity index (χ2n) is 4.53. The number of alkyl halides is 3. The van der Waals surface area contributed by atoms with Crippen molar-refractivity contribution in [2.24, 2.45) is 0 Å². The lowest BCUT2D eigenvalue weighted by Gasteiger charge is -2.19. The third kappa shape index (κ3) is 5.65. The normalized spacial score (nSPS) is 13.1. The van der Waals surface area contributed by atoms with E-state index >= 15 is 0 Å². The molecule has 0 saturated carbocycles. The molecule has 0 saturated heterocycles. The van der Waals surface area contributed by atoms with E-state index in [0.29, 0.717) is 0 Å². The molecule has 0 amide bonds. The lowest BCUT2D eigenvalue weighted by Crippen LogP contribution is -2.21. The van der Waals surface area contributed by atoms with Crippen LogP contribution in [0.4, 0.5) is 13.2 Å². The molecular weight excluding hydrogens is 267 g/mol. The Morgan fingerprint density at radius 1 is 1.25 bits per heavy atom. The van der Waals surface area contributed by atoms with Gasteiger partial charge < -0.3 is 10.1 Å². The third-order valence-electron chi connectivity index (χ3n) is 2.96. The molecule has 2 nitrogen and oxygen atoms in total. The molecule has 0 bridgehead atoms. The first-order chi connectivity index (χ1) is 9.35. The van der Waals surface area contributed by atoms with Gasteiger partial charge in [-0.2, -0.15) is 0 Å². The molecular formula is C15H20F3NO. The Labute approximate surface area is 117 Å². The van der Waals surface area contributed by atoms with Crippen molar-refractivity contribution < 1.29 is 17.9 Å². The maximum Gasteiger partial charge on any atom is 0.573 e. The Balaban J connectivity index is 2.79. The Hall–Kier alpha value is -1.49. The molecule has 0 aliphatic carbocycles. The average Bonchev–Trinajstić information content (AvgIpc) is 2.37. The first-order valence-corrected chi connectivity index (χ1v) is 6.61. The van der Waals surface area contributed by atoms with Gasteiger partial charge in [-0.15, -0.1) is 13.2 Å². The highest BCUT2D eigenvalue weighted by Crippen LogP contribution is 2.26. The Morgan fingerprint density at radius 3 is 2.30 bits per heavy atom. The topological polar surface area (TPSA) is 21.3 Å². The number of nitrogens with one attached hydrogen (secondary N) is 1. The largest absolute Gasteiger partial charge is 0.573 e. The number of halogens is 3. The van der Waals surface area contributed by atoms with Crippen LogP contribution in [0, 0.1) is 0 Å². The summed E-state index contributed by atoms with van der Waals surface area (Å²) in [5.74, 6) is -0.203. The average molecular weight is 287 g/mol. The van der Waals surface area contributed by atoms with Gasteiger partial charge in [-0.25, -0.2) is 0 Å². The van der Waals surface area contributed by atoms with Crippen molar-refractivity contribution in [3.05, 3.63) is 42.0 Å². The standard InChI is InChI=1S/C15H20F3NO/c1-4-11(3)10-14(19-5-2)12-6-8-13(9-7-12)20-15(16,17)18/h6-9,14,19H,3-5,10H2,1-2H3. The van der Waals surface area contributed by atoms with Crippen molar-refractivity contribution in [2.75, 3.05) is 6.54 Å². The molecule has 0 spiro atoms. The summed E-state index contributed by atoms with van der Waals surface area (Å²) in [5, 5.41) is 3.31. The molecule has 1 atom stereocenters. The monoisotopic (exact) mass is 287 g/mol. The van der Waals surface area contributed by atoms with Gasteiger partial charge in [0.1, 0.15) is 5.75 Å². The molecule has 5 heteroatoms. The van der Waals surface area contributed by atoms with Crippen LogP contribution >= 0.6 is 0 Å². The Bertz CT molecular complexity index is 426. The van der Waals surface area contributed by atoms with E-state index in [4.69, 9.17) is 0 Å². The summed E-state index contributed by atoms with van der Waals surface area (Å²) < 4.78 is 40.1. The predicted octanol–water partition coefficient (Wildman–Crippen LogP) is 4.59. The van der Waals surface area contributed by atoms with E-state index < -0.39 is 6.36 Å². The fraction of sp³-hybridized carbons (Fsp3) is 0.467.